The van der Waals surface area contributed by atoms with E-state index in [-0.39, 0.29) is 24.8 Å². The van der Waals surface area contributed by atoms with Crippen LogP contribution in [0.3, 0.4) is 0 Å². The summed E-state index contributed by atoms with van der Waals surface area (Å²) in [5.41, 5.74) is 8.19. The summed E-state index contributed by atoms with van der Waals surface area (Å²) in [6.07, 6.45) is 0. The molecule has 0 atom stereocenters. The zero-order chi connectivity index (χ0) is 11.1. The van der Waals surface area contributed by atoms with Crippen molar-refractivity contribution in [2.45, 2.75) is 0 Å². The quantitative estimate of drug-likeness (QED) is 0.651. The van der Waals surface area contributed by atoms with E-state index < -0.39 is 0 Å². The van der Waals surface area contributed by atoms with Gasteiger partial charge in [-0.25, -0.2) is 4.98 Å². The van der Waals surface area contributed by atoms with Gasteiger partial charge >= 0.3 is 0 Å². The van der Waals surface area contributed by atoms with E-state index in [0.29, 0.717) is 21.9 Å². The van der Waals surface area contributed by atoms with Crippen LogP contribution < -0.4 is 5.73 Å². The smallest absolute Gasteiger partial charge is 0.174 e. The number of nitrogens with zero attached hydrogens (tertiary/aromatic N) is 1. The fourth-order valence-electron chi connectivity index (χ4n) is 1.59. The zero-order valence-electron chi connectivity index (χ0n) is 9.01. The van der Waals surface area contributed by atoms with E-state index in [4.69, 9.17) is 10.2 Å². The minimum absolute atomic E-state index is 0. The van der Waals surface area contributed by atoms with Gasteiger partial charge in [-0.1, -0.05) is 0 Å². The number of imidazole rings is 1. The third-order valence-corrected chi connectivity index (χ3v) is 2.74. The fraction of sp³-hybridized carbons (Fsp3) is 0. The molecule has 2 heterocycles. The lowest BCUT2D eigenvalue weighted by Crippen LogP contribution is -1.82. The largest absolute Gasteiger partial charge is 0.446 e. The van der Waals surface area contributed by atoms with E-state index in [0.717, 1.165) is 11.0 Å². The number of nitrogens with one attached hydrogen (secondary N) is 1. The number of nitrogens with two attached hydrogens (primary N) is 1. The van der Waals surface area contributed by atoms with Gasteiger partial charge in [0.1, 0.15) is 0 Å². The molecule has 0 radical (unpaired) electrons. The van der Waals surface area contributed by atoms with Gasteiger partial charge in [-0.15, -0.1) is 24.8 Å². The lowest BCUT2D eigenvalue weighted by Gasteiger charge is -1.89. The van der Waals surface area contributed by atoms with Crippen LogP contribution in [0.1, 0.15) is 0 Å². The topological polar surface area (TPSA) is 67.8 Å². The first-order valence-corrected chi connectivity index (χ1v) is 5.52. The summed E-state index contributed by atoms with van der Waals surface area (Å²) in [5, 5.41) is 0. The Morgan fingerprint density at radius 2 is 1.94 bits per heavy atom. The molecule has 0 saturated carbocycles. The van der Waals surface area contributed by atoms with E-state index in [1.807, 2.05) is 30.3 Å². The van der Waals surface area contributed by atoms with Crippen LogP contribution >= 0.6 is 40.7 Å². The molecule has 3 N–H and O–H groups in total. The highest BCUT2D eigenvalue weighted by molar-refractivity contribution is 9.10. The average molecular weight is 351 g/mol. The predicted molar refractivity (Wildman–Crippen MR) is 80.4 cm³/mol. The number of halogens is 3. The summed E-state index contributed by atoms with van der Waals surface area (Å²) < 4.78 is 6.10. The Hall–Kier alpha value is -1.17. The van der Waals surface area contributed by atoms with Gasteiger partial charge in [0.15, 0.2) is 16.3 Å². The first kappa shape index (κ1) is 14.9. The standard InChI is InChI=1S/C11H8BrN3O.2ClH/c12-10-4-3-9(16-10)11-14-7-2-1-6(13)5-8(7)15-11;;/h1-5H,13H2,(H,14,15);2*1H. The first-order valence-electron chi connectivity index (χ1n) is 4.73. The number of aromatic nitrogens is 2. The molecule has 0 aliphatic heterocycles. The second-order valence-electron chi connectivity index (χ2n) is 3.47. The number of fused-ring (bicyclic) bond motifs is 1. The zero-order valence-corrected chi connectivity index (χ0v) is 12.2. The predicted octanol–water partition coefficient (Wildman–Crippen LogP) is 4.01. The Bertz CT molecular complexity index is 665. The molecule has 4 nitrogen and oxygen atoms in total. The number of anilines is 1. The van der Waals surface area contributed by atoms with Crippen LogP contribution in [-0.2, 0) is 0 Å². The second-order valence-corrected chi connectivity index (χ2v) is 4.25. The molecule has 96 valence electrons. The molecule has 18 heavy (non-hydrogen) atoms. The Morgan fingerprint density at radius 1 is 1.17 bits per heavy atom. The lowest BCUT2D eigenvalue weighted by molar-refractivity contribution is 0.552. The van der Waals surface area contributed by atoms with Crippen LogP contribution in [0, 0.1) is 0 Å². The van der Waals surface area contributed by atoms with Crippen molar-refractivity contribution in [1.29, 1.82) is 0 Å². The normalized spacial score (nSPS) is 9.83. The van der Waals surface area contributed by atoms with Gasteiger partial charge in [0.2, 0.25) is 0 Å². The van der Waals surface area contributed by atoms with E-state index >= 15 is 0 Å². The van der Waals surface area contributed by atoms with Crippen molar-refractivity contribution >= 4 is 57.5 Å². The van der Waals surface area contributed by atoms with Gasteiger partial charge in [0.05, 0.1) is 11.0 Å². The molecule has 2 aromatic heterocycles. The Balaban J connectivity index is 0.000000810. The molecule has 0 aliphatic carbocycles. The van der Waals surface area contributed by atoms with Crippen molar-refractivity contribution in [2.24, 2.45) is 0 Å². The number of rotatable bonds is 1. The molecule has 0 spiro atoms. The van der Waals surface area contributed by atoms with E-state index in [9.17, 15) is 0 Å². The number of hydrogen-bond donors (Lipinski definition) is 2. The van der Waals surface area contributed by atoms with Gasteiger partial charge in [-0.2, -0.15) is 0 Å². The van der Waals surface area contributed by atoms with Crippen LogP contribution in [0.2, 0.25) is 0 Å². The third-order valence-electron chi connectivity index (χ3n) is 2.31. The maximum Gasteiger partial charge on any atom is 0.174 e. The first-order chi connectivity index (χ1) is 7.72. The number of H-pyrrole nitrogens is 1. The maximum atomic E-state index is 5.70. The summed E-state index contributed by atoms with van der Waals surface area (Å²) in [6.45, 7) is 0. The molecule has 0 amide bonds. The molecule has 0 aliphatic rings. The molecule has 0 fully saturated rings. The third kappa shape index (κ3) is 2.63. The molecule has 0 bridgehead atoms. The number of furan rings is 1. The van der Waals surface area contributed by atoms with Gasteiger partial charge < -0.3 is 15.1 Å². The van der Waals surface area contributed by atoms with Crippen molar-refractivity contribution in [3.05, 3.63) is 35.0 Å². The molecule has 0 saturated heterocycles. The van der Waals surface area contributed by atoms with Crippen LogP contribution in [0.25, 0.3) is 22.6 Å². The molecule has 3 rings (SSSR count). The average Bonchev–Trinajstić information content (AvgIpc) is 2.83. The SMILES string of the molecule is Cl.Cl.Nc1ccc2nc(-c3ccc(Br)o3)[nH]c2c1. The Morgan fingerprint density at radius 3 is 2.61 bits per heavy atom. The Kier molecular flexibility index (Phi) is 4.67. The highest BCUT2D eigenvalue weighted by Crippen LogP contribution is 2.25. The molecule has 7 heteroatoms. The van der Waals surface area contributed by atoms with Crippen LogP contribution in [-0.4, -0.2) is 9.97 Å². The van der Waals surface area contributed by atoms with Crippen LogP contribution in [0.5, 0.6) is 0 Å². The molecule has 0 unspecified atom stereocenters. The number of aromatic amines is 1. The summed E-state index contributed by atoms with van der Waals surface area (Å²) in [5.74, 6) is 1.40. The van der Waals surface area contributed by atoms with Gasteiger partial charge in [-0.05, 0) is 46.3 Å². The minimum Gasteiger partial charge on any atom is -0.446 e. The summed E-state index contributed by atoms with van der Waals surface area (Å²) >= 11 is 3.26. The van der Waals surface area contributed by atoms with Crippen LogP contribution in [0.15, 0.2) is 39.4 Å². The maximum absolute atomic E-state index is 5.70. The molecule has 3 aromatic rings. The van der Waals surface area contributed by atoms with Crippen molar-refractivity contribution < 1.29 is 4.42 Å². The van der Waals surface area contributed by atoms with Gasteiger partial charge in [-0.3, -0.25) is 0 Å². The van der Waals surface area contributed by atoms with Gasteiger partial charge in [0.25, 0.3) is 0 Å². The highest BCUT2D eigenvalue weighted by atomic mass is 79.9. The lowest BCUT2D eigenvalue weighted by atomic mass is 10.3. The van der Waals surface area contributed by atoms with E-state index in [1.165, 1.54) is 0 Å². The number of hydrogen-bond acceptors (Lipinski definition) is 3. The second kappa shape index (κ2) is 5.65. The van der Waals surface area contributed by atoms with Crippen molar-refractivity contribution in [3.63, 3.8) is 0 Å². The van der Waals surface area contributed by atoms with Gasteiger partial charge in [0, 0.05) is 5.69 Å². The number of nitrogen functional groups attached to an aromatic ring is 1. The van der Waals surface area contributed by atoms with Crippen LogP contribution in [0.4, 0.5) is 5.69 Å². The molecular weight excluding hydrogens is 341 g/mol. The van der Waals surface area contributed by atoms with E-state index in [2.05, 4.69) is 25.9 Å². The fourth-order valence-corrected chi connectivity index (χ4v) is 1.89. The van der Waals surface area contributed by atoms with Crippen molar-refractivity contribution in [3.8, 4) is 11.6 Å². The summed E-state index contributed by atoms with van der Waals surface area (Å²) in [6, 6.07) is 9.24. The molecule has 1 aromatic carbocycles. The minimum atomic E-state index is 0. The van der Waals surface area contributed by atoms with Crippen molar-refractivity contribution in [2.75, 3.05) is 5.73 Å². The summed E-state index contributed by atoms with van der Waals surface area (Å²) in [4.78, 5) is 7.57. The highest BCUT2D eigenvalue weighted by Gasteiger charge is 2.08. The van der Waals surface area contributed by atoms with E-state index in [1.54, 1.807) is 0 Å². The Labute approximate surface area is 124 Å². The number of benzene rings is 1. The summed E-state index contributed by atoms with van der Waals surface area (Å²) in [7, 11) is 0. The monoisotopic (exact) mass is 349 g/mol. The van der Waals surface area contributed by atoms with Crippen molar-refractivity contribution in [1.82, 2.24) is 9.97 Å². The molecular formula is C11H10BrCl2N3O.